The van der Waals surface area contributed by atoms with E-state index in [0.29, 0.717) is 11.2 Å². The van der Waals surface area contributed by atoms with Gasteiger partial charge in [-0.15, -0.1) is 0 Å². The van der Waals surface area contributed by atoms with Crippen LogP contribution < -0.4 is 10.7 Å². The molecule has 1 atom stereocenters. The number of nitrogens with zero attached hydrogens (tertiary/aromatic N) is 2. The van der Waals surface area contributed by atoms with Crippen molar-refractivity contribution in [3.05, 3.63) is 35.9 Å². The van der Waals surface area contributed by atoms with Gasteiger partial charge in [0.25, 0.3) is 0 Å². The molecule has 0 amide bonds. The van der Waals surface area contributed by atoms with E-state index in [0.717, 1.165) is 37.3 Å². The average Bonchev–Trinajstić information content (AvgIpc) is 2.57. The minimum absolute atomic E-state index is 0.345. The topological polar surface area (TPSA) is 39.7 Å². The zero-order valence-corrected chi connectivity index (χ0v) is 15.6. The standard InChI is InChI=1S/C18H30N4S/c1-5-22(6-2)14-10-11-15(3)19-18(23)21-20-16(4)17-12-8-7-9-13-17/h7-9,12-13,15H,5-6,10-11,14H2,1-4H3,(H2,19,21,23)/b20-16-. The van der Waals surface area contributed by atoms with Crippen molar-refractivity contribution in [1.29, 1.82) is 0 Å². The molecule has 128 valence electrons. The predicted octanol–water partition coefficient (Wildman–Crippen LogP) is 3.39. The van der Waals surface area contributed by atoms with Crippen LogP contribution in [-0.2, 0) is 0 Å². The third-order valence-corrected chi connectivity index (χ3v) is 4.11. The fraction of sp³-hybridized carbons (Fsp3) is 0.556. The Morgan fingerprint density at radius 3 is 2.48 bits per heavy atom. The van der Waals surface area contributed by atoms with Crippen molar-refractivity contribution in [2.24, 2.45) is 5.10 Å². The molecule has 1 aromatic carbocycles. The highest BCUT2D eigenvalue weighted by Gasteiger charge is 2.05. The molecule has 0 aliphatic heterocycles. The summed E-state index contributed by atoms with van der Waals surface area (Å²) < 4.78 is 0. The Morgan fingerprint density at radius 2 is 1.87 bits per heavy atom. The first-order valence-corrected chi connectivity index (χ1v) is 8.86. The zero-order valence-electron chi connectivity index (χ0n) is 14.8. The summed E-state index contributed by atoms with van der Waals surface area (Å²) in [6.45, 7) is 11.9. The molecular formula is C18H30N4S. The van der Waals surface area contributed by atoms with Crippen LogP contribution >= 0.6 is 12.2 Å². The summed E-state index contributed by atoms with van der Waals surface area (Å²) in [5, 5.41) is 8.21. The molecule has 0 heterocycles. The molecule has 4 nitrogen and oxygen atoms in total. The fourth-order valence-corrected chi connectivity index (χ4v) is 2.61. The van der Waals surface area contributed by atoms with Crippen molar-refractivity contribution >= 4 is 23.0 Å². The Bertz CT molecular complexity index is 483. The number of hydrazone groups is 1. The predicted molar refractivity (Wildman–Crippen MR) is 104 cm³/mol. The molecule has 0 aromatic heterocycles. The largest absolute Gasteiger partial charge is 0.359 e. The molecule has 5 heteroatoms. The number of nitrogens with one attached hydrogen (secondary N) is 2. The summed E-state index contributed by atoms with van der Waals surface area (Å²) in [4.78, 5) is 2.44. The Labute approximate surface area is 146 Å². The van der Waals surface area contributed by atoms with Gasteiger partial charge in [0.15, 0.2) is 5.11 Å². The first kappa shape index (κ1) is 19.6. The van der Waals surface area contributed by atoms with E-state index in [-0.39, 0.29) is 0 Å². The van der Waals surface area contributed by atoms with E-state index in [1.807, 2.05) is 37.3 Å². The van der Waals surface area contributed by atoms with Crippen molar-refractivity contribution in [2.75, 3.05) is 19.6 Å². The lowest BCUT2D eigenvalue weighted by molar-refractivity contribution is 0.292. The quantitative estimate of drug-likeness (QED) is 0.412. The molecule has 0 aliphatic rings. The van der Waals surface area contributed by atoms with Crippen molar-refractivity contribution in [3.8, 4) is 0 Å². The molecule has 0 fully saturated rings. The Hall–Kier alpha value is -1.46. The van der Waals surface area contributed by atoms with Crippen LogP contribution in [-0.4, -0.2) is 41.4 Å². The third kappa shape index (κ3) is 8.09. The minimum atomic E-state index is 0.345. The van der Waals surface area contributed by atoms with Gasteiger partial charge < -0.3 is 10.2 Å². The number of thiocarbonyl (C=S) groups is 1. The molecule has 0 aliphatic carbocycles. The second-order valence-corrected chi connectivity index (χ2v) is 6.13. The Balaban J connectivity index is 2.30. The number of benzene rings is 1. The smallest absolute Gasteiger partial charge is 0.187 e. The first-order valence-electron chi connectivity index (χ1n) is 8.45. The van der Waals surface area contributed by atoms with E-state index < -0.39 is 0 Å². The van der Waals surface area contributed by atoms with Gasteiger partial charge in [-0.25, -0.2) is 0 Å². The van der Waals surface area contributed by atoms with E-state index in [1.54, 1.807) is 0 Å². The van der Waals surface area contributed by atoms with Crippen LogP contribution in [0.25, 0.3) is 0 Å². The maximum Gasteiger partial charge on any atom is 0.187 e. The number of rotatable bonds is 9. The van der Waals surface area contributed by atoms with Gasteiger partial charge in [-0.3, -0.25) is 5.43 Å². The average molecular weight is 335 g/mol. The van der Waals surface area contributed by atoms with E-state index in [9.17, 15) is 0 Å². The van der Waals surface area contributed by atoms with E-state index in [1.165, 1.54) is 6.42 Å². The molecule has 0 saturated carbocycles. The summed E-state index contributed by atoms with van der Waals surface area (Å²) in [7, 11) is 0. The van der Waals surface area contributed by atoms with Crippen LogP contribution in [0.5, 0.6) is 0 Å². The molecular weight excluding hydrogens is 304 g/mol. The van der Waals surface area contributed by atoms with Gasteiger partial charge in [0.2, 0.25) is 0 Å². The first-order chi connectivity index (χ1) is 11.1. The van der Waals surface area contributed by atoms with E-state index in [4.69, 9.17) is 12.2 Å². The van der Waals surface area contributed by atoms with Gasteiger partial charge in [0, 0.05) is 6.04 Å². The van der Waals surface area contributed by atoms with Crippen molar-refractivity contribution in [2.45, 2.75) is 46.6 Å². The summed E-state index contributed by atoms with van der Waals surface area (Å²) in [5.41, 5.74) is 4.94. The second kappa shape index (κ2) is 11.1. The van der Waals surface area contributed by atoms with Crippen molar-refractivity contribution < 1.29 is 0 Å². The van der Waals surface area contributed by atoms with Gasteiger partial charge >= 0.3 is 0 Å². The van der Waals surface area contributed by atoms with E-state index >= 15 is 0 Å². The molecule has 0 bridgehead atoms. The summed E-state index contributed by atoms with van der Waals surface area (Å²) >= 11 is 5.31. The zero-order chi connectivity index (χ0) is 17.1. The molecule has 23 heavy (non-hydrogen) atoms. The summed E-state index contributed by atoms with van der Waals surface area (Å²) in [6.07, 6.45) is 2.27. The van der Waals surface area contributed by atoms with Gasteiger partial charge in [-0.1, -0.05) is 44.2 Å². The summed E-state index contributed by atoms with van der Waals surface area (Å²) in [5.74, 6) is 0. The molecule has 1 aromatic rings. The van der Waals surface area contributed by atoms with Crippen molar-refractivity contribution in [3.63, 3.8) is 0 Å². The van der Waals surface area contributed by atoms with Crippen LogP contribution in [0.3, 0.4) is 0 Å². The van der Waals surface area contributed by atoms with Crippen LogP contribution in [0.2, 0.25) is 0 Å². The van der Waals surface area contributed by atoms with Gasteiger partial charge in [-0.05, 0) is 64.1 Å². The maximum atomic E-state index is 5.31. The lowest BCUT2D eigenvalue weighted by Gasteiger charge is -2.20. The molecule has 1 unspecified atom stereocenters. The SMILES string of the molecule is CCN(CC)CCCC(C)NC(=S)N/N=C(/C)c1ccccc1. The molecule has 0 saturated heterocycles. The van der Waals surface area contributed by atoms with Crippen LogP contribution in [0.15, 0.2) is 35.4 Å². The molecule has 1 rings (SSSR count). The van der Waals surface area contributed by atoms with Crippen LogP contribution in [0.4, 0.5) is 0 Å². The normalized spacial score (nSPS) is 13.0. The van der Waals surface area contributed by atoms with Crippen LogP contribution in [0, 0.1) is 0 Å². The third-order valence-electron chi connectivity index (χ3n) is 3.90. The highest BCUT2D eigenvalue weighted by Crippen LogP contribution is 2.01. The number of hydrogen-bond acceptors (Lipinski definition) is 3. The van der Waals surface area contributed by atoms with Crippen LogP contribution in [0.1, 0.15) is 46.1 Å². The monoisotopic (exact) mass is 334 g/mol. The Morgan fingerprint density at radius 1 is 1.22 bits per heavy atom. The number of hydrogen-bond donors (Lipinski definition) is 2. The molecule has 0 radical (unpaired) electrons. The maximum absolute atomic E-state index is 5.31. The fourth-order valence-electron chi connectivity index (χ4n) is 2.37. The Kier molecular flexibility index (Phi) is 9.48. The van der Waals surface area contributed by atoms with Gasteiger partial charge in [0.1, 0.15) is 0 Å². The minimum Gasteiger partial charge on any atom is -0.359 e. The molecule has 0 spiro atoms. The highest BCUT2D eigenvalue weighted by molar-refractivity contribution is 7.80. The molecule has 2 N–H and O–H groups in total. The lowest BCUT2D eigenvalue weighted by Crippen LogP contribution is -2.39. The lowest BCUT2D eigenvalue weighted by atomic mass is 10.1. The van der Waals surface area contributed by atoms with Gasteiger partial charge in [-0.2, -0.15) is 5.10 Å². The van der Waals surface area contributed by atoms with Gasteiger partial charge in [0.05, 0.1) is 5.71 Å². The summed E-state index contributed by atoms with van der Waals surface area (Å²) in [6, 6.07) is 10.4. The second-order valence-electron chi connectivity index (χ2n) is 5.72. The van der Waals surface area contributed by atoms with Crippen molar-refractivity contribution in [1.82, 2.24) is 15.6 Å². The van der Waals surface area contributed by atoms with E-state index in [2.05, 4.69) is 41.5 Å². The highest BCUT2D eigenvalue weighted by atomic mass is 32.1.